The van der Waals surface area contributed by atoms with Crippen LogP contribution in [0.15, 0.2) is 30.3 Å². The average Bonchev–Trinajstić information content (AvgIpc) is 2.92. The van der Waals surface area contributed by atoms with Crippen molar-refractivity contribution >= 4 is 32.2 Å². The number of nitrogens with zero attached hydrogens (tertiary/aromatic N) is 1. The van der Waals surface area contributed by atoms with Crippen LogP contribution in [0.1, 0.15) is 23.2 Å². The van der Waals surface area contributed by atoms with Crippen molar-refractivity contribution in [2.75, 3.05) is 13.1 Å². The second-order valence-electron chi connectivity index (χ2n) is 5.21. The van der Waals surface area contributed by atoms with Crippen LogP contribution in [-0.2, 0) is 9.59 Å². The van der Waals surface area contributed by atoms with Crippen LogP contribution >= 0.6 is 0 Å². The Kier molecular flexibility index (Phi) is 5.75. The Morgan fingerprint density at radius 1 is 1.27 bits per heavy atom. The van der Waals surface area contributed by atoms with Gasteiger partial charge in [-0.05, 0) is 0 Å². The van der Waals surface area contributed by atoms with Crippen LogP contribution < -0.4 is 5.73 Å². The fourth-order valence-electron chi connectivity index (χ4n) is 2.58. The molecule has 0 spiro atoms. The molecule has 1 amide bonds. The van der Waals surface area contributed by atoms with Crippen LogP contribution in [0.3, 0.4) is 0 Å². The molecule has 6 nitrogen and oxygen atoms in total. The molecule has 1 heterocycles. The molecule has 1 fully saturated rings. The first-order valence-corrected chi connectivity index (χ1v) is 9.37. The minimum absolute atomic E-state index is 0.00414. The number of rotatable bonds is 6. The molecule has 0 radical (unpaired) electrons. The molecule has 3 unspecified atom stereocenters. The zero-order valence-corrected chi connectivity index (χ0v) is 14.2. The number of benzene rings is 1. The maximum absolute atomic E-state index is 12.3. The van der Waals surface area contributed by atoms with E-state index in [4.69, 9.17) is 5.73 Å². The Labute approximate surface area is 135 Å². The molecule has 1 aliphatic heterocycles. The first-order chi connectivity index (χ1) is 10.5. The molecule has 3 N–H and O–H groups in total. The monoisotopic (exact) mass is 366 g/mol. The van der Waals surface area contributed by atoms with Gasteiger partial charge in [-0.25, -0.2) is 0 Å². The molecule has 1 aliphatic rings. The third-order valence-electron chi connectivity index (χ3n) is 3.64. The van der Waals surface area contributed by atoms with Crippen molar-refractivity contribution in [3.8, 4) is 0 Å². The Balaban J connectivity index is 2.03. The molecule has 118 valence electrons. The SMILES string of the molecule is NCCC(=O)N1CC([AsH]C(=O)c2ccccc2)CC1C(=O)O. The second-order valence-corrected chi connectivity index (χ2v) is 8.48. The van der Waals surface area contributed by atoms with Gasteiger partial charge < -0.3 is 0 Å². The van der Waals surface area contributed by atoms with Crippen LogP contribution in [0.25, 0.3) is 0 Å². The molecule has 1 aromatic carbocycles. The number of carboxylic acids is 1. The van der Waals surface area contributed by atoms with Crippen LogP contribution in [0.5, 0.6) is 0 Å². The summed E-state index contributed by atoms with van der Waals surface area (Å²) in [6.45, 7) is 0.556. The van der Waals surface area contributed by atoms with Crippen molar-refractivity contribution in [2.24, 2.45) is 5.73 Å². The number of hydrogen-bond acceptors (Lipinski definition) is 4. The number of hydrogen-bond donors (Lipinski definition) is 2. The van der Waals surface area contributed by atoms with E-state index in [0.717, 1.165) is 0 Å². The molecule has 0 bridgehead atoms. The maximum atomic E-state index is 12.3. The fraction of sp³-hybridized carbons (Fsp3) is 0.400. The Morgan fingerprint density at radius 2 is 1.95 bits per heavy atom. The van der Waals surface area contributed by atoms with Crippen LogP contribution in [-0.4, -0.2) is 61.3 Å². The Morgan fingerprint density at radius 3 is 2.55 bits per heavy atom. The predicted molar refractivity (Wildman–Crippen MR) is 83.1 cm³/mol. The van der Waals surface area contributed by atoms with E-state index in [0.29, 0.717) is 18.5 Å². The zero-order valence-electron chi connectivity index (χ0n) is 12.1. The zero-order chi connectivity index (χ0) is 16.1. The van der Waals surface area contributed by atoms with Crippen molar-refractivity contribution in [3.05, 3.63) is 35.9 Å². The fourth-order valence-corrected chi connectivity index (χ4v) is 5.37. The first-order valence-electron chi connectivity index (χ1n) is 7.11. The standard InChI is InChI=1S/C15H19AsN2O4/c17-7-6-13(19)18-9-11(8-12(18)15(21)22)16-14(20)10-4-2-1-3-5-10/h1-5,11-12,16H,6-9,17H2,(H,21,22). The molecule has 0 saturated carbocycles. The molecule has 2 rings (SSSR count). The van der Waals surface area contributed by atoms with Gasteiger partial charge in [0.25, 0.3) is 0 Å². The number of carboxylic acid groups (broad SMARTS) is 1. The second kappa shape index (κ2) is 7.56. The molecule has 1 aromatic rings. The van der Waals surface area contributed by atoms with Gasteiger partial charge in [-0.3, -0.25) is 0 Å². The van der Waals surface area contributed by atoms with Crippen molar-refractivity contribution in [1.29, 1.82) is 0 Å². The van der Waals surface area contributed by atoms with Gasteiger partial charge in [0.2, 0.25) is 0 Å². The summed E-state index contributed by atoms with van der Waals surface area (Å²) < 4.78 is 0.0957. The molecule has 22 heavy (non-hydrogen) atoms. The number of likely N-dealkylation sites (tertiary alicyclic amines) is 1. The van der Waals surface area contributed by atoms with E-state index >= 15 is 0 Å². The molecule has 3 atom stereocenters. The van der Waals surface area contributed by atoms with E-state index in [1.807, 2.05) is 18.2 Å². The Bertz CT molecular complexity index is 564. The van der Waals surface area contributed by atoms with Gasteiger partial charge in [-0.2, -0.15) is 0 Å². The summed E-state index contributed by atoms with van der Waals surface area (Å²) in [5.74, 6) is -1.25. The molecule has 7 heteroatoms. The van der Waals surface area contributed by atoms with Crippen LogP contribution in [0, 0.1) is 0 Å². The third kappa shape index (κ3) is 3.96. The van der Waals surface area contributed by atoms with E-state index < -0.39 is 27.8 Å². The summed E-state index contributed by atoms with van der Waals surface area (Å²) in [5.41, 5.74) is 6.04. The number of carbonyl (C=O) groups excluding carboxylic acids is 2. The summed E-state index contributed by atoms with van der Waals surface area (Å²) in [7, 11) is 0. The Hall–Kier alpha value is -1.65. The van der Waals surface area contributed by atoms with Crippen molar-refractivity contribution in [3.63, 3.8) is 0 Å². The summed E-state index contributed by atoms with van der Waals surface area (Å²) in [6.07, 6.45) is 0.507. The topological polar surface area (TPSA) is 101 Å². The predicted octanol–water partition coefficient (Wildman–Crippen LogP) is 0.0861. The molecule has 0 aromatic heterocycles. The molecular formula is C15H19AsN2O4. The summed E-state index contributed by atoms with van der Waals surface area (Å²) in [5, 5.41) is 9.27. The van der Waals surface area contributed by atoms with E-state index in [1.54, 1.807) is 12.1 Å². The van der Waals surface area contributed by atoms with Gasteiger partial charge in [-0.1, -0.05) is 0 Å². The van der Waals surface area contributed by atoms with E-state index in [-0.39, 0.29) is 28.1 Å². The number of amides is 1. The van der Waals surface area contributed by atoms with Gasteiger partial charge in [0.05, 0.1) is 0 Å². The van der Waals surface area contributed by atoms with Gasteiger partial charge in [-0.15, -0.1) is 0 Å². The summed E-state index contributed by atoms with van der Waals surface area (Å²) in [6, 6.07) is 8.19. The van der Waals surface area contributed by atoms with Gasteiger partial charge in [0, 0.05) is 0 Å². The summed E-state index contributed by atoms with van der Waals surface area (Å²) >= 11 is -1.01. The third-order valence-corrected chi connectivity index (χ3v) is 6.53. The number of aliphatic carboxylic acids is 1. The van der Waals surface area contributed by atoms with E-state index in [9.17, 15) is 19.5 Å². The van der Waals surface area contributed by atoms with Crippen molar-refractivity contribution < 1.29 is 19.5 Å². The molecule has 1 saturated heterocycles. The van der Waals surface area contributed by atoms with Crippen molar-refractivity contribution in [1.82, 2.24) is 4.90 Å². The van der Waals surface area contributed by atoms with Gasteiger partial charge in [0.15, 0.2) is 0 Å². The molecule has 0 aliphatic carbocycles. The minimum atomic E-state index is -1.01. The number of carbonyl (C=O) groups is 3. The molecular weight excluding hydrogens is 347 g/mol. The van der Waals surface area contributed by atoms with E-state index in [1.165, 1.54) is 4.90 Å². The quantitative estimate of drug-likeness (QED) is 0.695. The van der Waals surface area contributed by atoms with Gasteiger partial charge in [0.1, 0.15) is 0 Å². The number of nitrogens with two attached hydrogens (primary N) is 1. The van der Waals surface area contributed by atoms with Gasteiger partial charge >= 0.3 is 135 Å². The first kappa shape index (κ1) is 16.7. The van der Waals surface area contributed by atoms with Crippen molar-refractivity contribution in [2.45, 2.75) is 23.6 Å². The van der Waals surface area contributed by atoms with E-state index in [2.05, 4.69) is 0 Å². The normalized spacial score (nSPS) is 21.4. The average molecular weight is 366 g/mol. The van der Waals surface area contributed by atoms with Crippen LogP contribution in [0.4, 0.5) is 0 Å². The summed E-state index contributed by atoms with van der Waals surface area (Å²) in [4.78, 5) is 36.9. The van der Waals surface area contributed by atoms with Crippen LogP contribution in [0.2, 0.25) is 4.71 Å².